The third kappa shape index (κ3) is 4.72. The number of nitrogens with zero attached hydrogens (tertiary/aromatic N) is 6. The minimum Gasteiger partial charge on any atom is -0.487 e. The minimum atomic E-state index is -0.215. The van der Waals surface area contributed by atoms with Gasteiger partial charge in [0.05, 0.1) is 33.4 Å². The first-order valence-electron chi connectivity index (χ1n) is 10.9. The van der Waals surface area contributed by atoms with Crippen LogP contribution in [0.15, 0.2) is 47.7 Å². The molecule has 0 saturated heterocycles. The van der Waals surface area contributed by atoms with Crippen molar-refractivity contribution >= 4 is 11.6 Å². The summed E-state index contributed by atoms with van der Waals surface area (Å²) in [5.74, 6) is 1.22. The highest BCUT2D eigenvalue weighted by Crippen LogP contribution is 2.28. The van der Waals surface area contributed by atoms with Crippen molar-refractivity contribution in [2.45, 2.75) is 46.6 Å². The van der Waals surface area contributed by atoms with Crippen LogP contribution in [0.5, 0.6) is 5.75 Å². The molecule has 0 N–H and O–H groups in total. The summed E-state index contributed by atoms with van der Waals surface area (Å²) in [5, 5.41) is 4.67. The summed E-state index contributed by atoms with van der Waals surface area (Å²) >= 11 is 6.50. The highest BCUT2D eigenvalue weighted by Gasteiger charge is 2.20. The van der Waals surface area contributed by atoms with Gasteiger partial charge in [0.2, 0.25) is 0 Å². The highest BCUT2D eigenvalue weighted by molar-refractivity contribution is 6.32. The normalized spacial score (nSPS) is 11.6. The van der Waals surface area contributed by atoms with Gasteiger partial charge in [-0.2, -0.15) is 5.10 Å². The Kier molecular flexibility index (Phi) is 6.27. The van der Waals surface area contributed by atoms with Gasteiger partial charge in [0.15, 0.2) is 0 Å². The molecule has 9 heteroatoms. The topological polar surface area (TPSA) is 87.7 Å². The van der Waals surface area contributed by atoms with Crippen LogP contribution in [0.1, 0.15) is 43.5 Å². The molecule has 0 bridgehead atoms. The molecule has 0 fully saturated rings. The highest BCUT2D eigenvalue weighted by atomic mass is 35.5. The first kappa shape index (κ1) is 23.6. The number of halogens is 1. The molecule has 4 aromatic rings. The number of aromatic nitrogens is 6. The van der Waals surface area contributed by atoms with Crippen molar-refractivity contribution in [3.05, 3.63) is 81.0 Å². The molecule has 4 rings (SSSR count). The Labute approximate surface area is 203 Å². The van der Waals surface area contributed by atoms with Crippen LogP contribution in [-0.2, 0) is 19.1 Å². The zero-order chi connectivity index (χ0) is 24.6. The molecule has 0 unspecified atom stereocenters. The lowest BCUT2D eigenvalue weighted by atomic mass is 9.95. The SMILES string of the molecule is Cc1c(OCc2ccn(C)n2)cc(C)n(-c2cc(-c3ccnc(C(C)(C)C)n3)ncc2Cl)c1=O. The van der Waals surface area contributed by atoms with Gasteiger partial charge in [-0.1, -0.05) is 32.4 Å². The third-order valence-corrected chi connectivity index (χ3v) is 5.69. The van der Waals surface area contributed by atoms with E-state index in [2.05, 4.69) is 40.8 Å². The van der Waals surface area contributed by atoms with Gasteiger partial charge < -0.3 is 4.74 Å². The van der Waals surface area contributed by atoms with Crippen LogP contribution in [0.4, 0.5) is 0 Å². The monoisotopic (exact) mass is 478 g/mol. The first-order valence-corrected chi connectivity index (χ1v) is 11.3. The second kappa shape index (κ2) is 9.02. The molecular formula is C25H27ClN6O2. The summed E-state index contributed by atoms with van der Waals surface area (Å²) in [6.45, 7) is 10.0. The van der Waals surface area contributed by atoms with E-state index in [0.29, 0.717) is 44.9 Å². The predicted molar refractivity (Wildman–Crippen MR) is 132 cm³/mol. The molecule has 0 radical (unpaired) electrons. The molecule has 176 valence electrons. The molecule has 0 spiro atoms. The van der Waals surface area contributed by atoms with Gasteiger partial charge in [-0.15, -0.1) is 0 Å². The summed E-state index contributed by atoms with van der Waals surface area (Å²) in [6.07, 6.45) is 5.10. The molecule has 0 aliphatic rings. The van der Waals surface area contributed by atoms with Crippen LogP contribution >= 0.6 is 11.6 Å². The molecule has 4 heterocycles. The molecule has 0 aliphatic heterocycles. The van der Waals surface area contributed by atoms with Gasteiger partial charge in [-0.25, -0.2) is 9.97 Å². The zero-order valence-corrected chi connectivity index (χ0v) is 20.9. The van der Waals surface area contributed by atoms with Crippen LogP contribution in [0.25, 0.3) is 17.1 Å². The quantitative estimate of drug-likeness (QED) is 0.417. The van der Waals surface area contributed by atoms with Crippen LogP contribution in [0, 0.1) is 13.8 Å². The Morgan fingerprint density at radius 1 is 1.09 bits per heavy atom. The molecular weight excluding hydrogens is 452 g/mol. The van der Waals surface area contributed by atoms with Crippen LogP contribution in [-0.4, -0.2) is 29.3 Å². The average Bonchev–Trinajstić information content (AvgIpc) is 3.21. The van der Waals surface area contributed by atoms with Crippen molar-refractivity contribution in [1.82, 2.24) is 29.3 Å². The average molecular weight is 479 g/mol. The maximum Gasteiger partial charge on any atom is 0.261 e. The number of pyridine rings is 2. The lowest BCUT2D eigenvalue weighted by Crippen LogP contribution is -2.24. The summed E-state index contributed by atoms with van der Waals surface area (Å²) < 4.78 is 9.19. The molecule has 34 heavy (non-hydrogen) atoms. The van der Waals surface area contributed by atoms with Gasteiger partial charge in [0, 0.05) is 42.8 Å². The largest absolute Gasteiger partial charge is 0.487 e. The summed E-state index contributed by atoms with van der Waals surface area (Å²) in [6, 6.07) is 7.28. The summed E-state index contributed by atoms with van der Waals surface area (Å²) in [5.41, 5.74) is 3.32. The fourth-order valence-electron chi connectivity index (χ4n) is 3.54. The van der Waals surface area contributed by atoms with Gasteiger partial charge in [0.1, 0.15) is 18.2 Å². The number of rotatable bonds is 5. The summed E-state index contributed by atoms with van der Waals surface area (Å²) in [4.78, 5) is 26.9. The maximum absolute atomic E-state index is 13.4. The Morgan fingerprint density at radius 2 is 1.85 bits per heavy atom. The number of aryl methyl sites for hydroxylation is 2. The van der Waals surface area contributed by atoms with Crippen molar-refractivity contribution in [3.63, 3.8) is 0 Å². The Balaban J connectivity index is 1.73. The predicted octanol–water partition coefficient (Wildman–Crippen LogP) is 4.57. The lowest BCUT2D eigenvalue weighted by molar-refractivity contribution is 0.296. The number of hydrogen-bond acceptors (Lipinski definition) is 6. The summed E-state index contributed by atoms with van der Waals surface area (Å²) in [7, 11) is 1.85. The maximum atomic E-state index is 13.4. The van der Waals surface area contributed by atoms with Gasteiger partial charge in [-0.3, -0.25) is 19.0 Å². The Morgan fingerprint density at radius 3 is 2.53 bits per heavy atom. The van der Waals surface area contributed by atoms with Crippen LogP contribution < -0.4 is 10.3 Å². The van der Waals surface area contributed by atoms with Crippen molar-refractivity contribution in [3.8, 4) is 22.8 Å². The molecule has 0 aromatic carbocycles. The van der Waals surface area contributed by atoms with E-state index in [4.69, 9.17) is 16.3 Å². The first-order chi connectivity index (χ1) is 16.0. The van der Waals surface area contributed by atoms with Crippen molar-refractivity contribution < 1.29 is 4.74 Å². The molecule has 0 amide bonds. The van der Waals surface area contributed by atoms with Gasteiger partial charge >= 0.3 is 0 Å². The zero-order valence-electron chi connectivity index (χ0n) is 20.1. The molecule has 0 saturated carbocycles. The van der Waals surface area contributed by atoms with Gasteiger partial charge in [-0.05, 0) is 32.0 Å². The van der Waals surface area contributed by atoms with Crippen molar-refractivity contribution in [2.24, 2.45) is 7.05 Å². The lowest BCUT2D eigenvalue weighted by Gasteiger charge is -2.18. The second-order valence-electron chi connectivity index (χ2n) is 9.22. The Hall–Kier alpha value is -3.52. The number of ether oxygens (including phenoxy) is 1. The fraction of sp³-hybridized carbons (Fsp3) is 0.320. The van der Waals surface area contributed by atoms with Crippen LogP contribution in [0.2, 0.25) is 5.02 Å². The van der Waals surface area contributed by atoms with E-state index < -0.39 is 0 Å². The molecule has 4 aromatic heterocycles. The molecule has 0 atom stereocenters. The molecule has 0 aliphatic carbocycles. The van der Waals surface area contributed by atoms with Gasteiger partial charge in [0.25, 0.3) is 5.56 Å². The third-order valence-electron chi connectivity index (χ3n) is 5.40. The van der Waals surface area contributed by atoms with E-state index in [1.54, 1.807) is 34.5 Å². The van der Waals surface area contributed by atoms with E-state index in [9.17, 15) is 4.79 Å². The van der Waals surface area contributed by atoms with Crippen LogP contribution in [0.3, 0.4) is 0 Å². The smallest absolute Gasteiger partial charge is 0.261 e. The fourth-order valence-corrected chi connectivity index (χ4v) is 3.73. The molecule has 8 nitrogen and oxygen atoms in total. The van der Waals surface area contributed by atoms with Crippen molar-refractivity contribution in [2.75, 3.05) is 0 Å². The van der Waals surface area contributed by atoms with E-state index in [1.807, 2.05) is 32.3 Å². The Bertz CT molecular complexity index is 1420. The standard InChI is InChI=1S/C25H27ClN6O2/c1-15-11-22(34-14-17-8-10-31(6)30-17)16(2)23(33)32(15)21-12-20(28-13-18(21)26)19-7-9-27-24(29-19)25(3,4)5/h7-13H,14H2,1-6H3. The van der Waals surface area contributed by atoms with E-state index in [0.717, 1.165) is 5.69 Å². The van der Waals surface area contributed by atoms with E-state index in [1.165, 1.54) is 6.20 Å². The van der Waals surface area contributed by atoms with Crippen molar-refractivity contribution in [1.29, 1.82) is 0 Å². The minimum absolute atomic E-state index is 0.207. The van der Waals surface area contributed by atoms with E-state index >= 15 is 0 Å². The number of hydrogen-bond donors (Lipinski definition) is 0. The van der Waals surface area contributed by atoms with E-state index in [-0.39, 0.29) is 17.6 Å². The second-order valence-corrected chi connectivity index (χ2v) is 9.63.